The zero-order valence-corrected chi connectivity index (χ0v) is 7.46. The van der Waals surface area contributed by atoms with Crippen LogP contribution in [0.4, 0.5) is 0 Å². The van der Waals surface area contributed by atoms with E-state index in [1.165, 1.54) is 0 Å². The zero-order valence-electron chi connectivity index (χ0n) is 6.64. The molecule has 0 aliphatic rings. The van der Waals surface area contributed by atoms with Crippen LogP contribution in [-0.2, 0) is 4.79 Å². The summed E-state index contributed by atoms with van der Waals surface area (Å²) in [6.07, 6.45) is 4.74. The first kappa shape index (κ1) is 9.82. The third kappa shape index (κ3) is 5.95. The Bertz CT molecular complexity index is 85.6. The van der Waals surface area contributed by atoms with Gasteiger partial charge in [-0.15, -0.1) is 11.8 Å². The summed E-state index contributed by atoms with van der Waals surface area (Å²) in [6, 6.07) is 0. The summed E-state index contributed by atoms with van der Waals surface area (Å²) in [5.41, 5.74) is 0. The second-order valence-corrected chi connectivity index (χ2v) is 3.00. The van der Waals surface area contributed by atoms with Gasteiger partial charge in [0.2, 0.25) is 5.91 Å². The van der Waals surface area contributed by atoms with Gasteiger partial charge >= 0.3 is 0 Å². The van der Waals surface area contributed by atoms with Gasteiger partial charge in [0.1, 0.15) is 0 Å². The van der Waals surface area contributed by atoms with Crippen molar-refractivity contribution in [3.05, 3.63) is 0 Å². The van der Waals surface area contributed by atoms with Crippen molar-refractivity contribution in [2.24, 2.45) is 0 Å². The Balaban J connectivity index is 3.09. The monoisotopic (exact) mass is 161 g/mol. The number of carbonyl (C=O) groups is 1. The Morgan fingerprint density at radius 2 is 2.30 bits per heavy atom. The molecular formula is C7H15NOS. The van der Waals surface area contributed by atoms with Crippen LogP contribution in [-0.4, -0.2) is 18.0 Å². The first-order valence-electron chi connectivity index (χ1n) is 3.57. The van der Waals surface area contributed by atoms with Crippen molar-refractivity contribution in [3.63, 3.8) is 0 Å². The molecule has 0 aromatic heterocycles. The predicted octanol–water partition coefficient (Wildman–Crippen LogP) is 1.61. The number of hydrogen-bond donors (Lipinski definition) is 1. The number of nitrogens with one attached hydrogen (secondary N) is 1. The van der Waals surface area contributed by atoms with Crippen LogP contribution < -0.4 is 5.32 Å². The van der Waals surface area contributed by atoms with Crippen LogP contribution in [0.1, 0.15) is 26.2 Å². The van der Waals surface area contributed by atoms with Gasteiger partial charge in [0, 0.05) is 6.42 Å². The lowest BCUT2D eigenvalue weighted by Crippen LogP contribution is -2.21. The largest absolute Gasteiger partial charge is 0.347 e. The van der Waals surface area contributed by atoms with E-state index in [1.807, 2.05) is 6.26 Å². The molecule has 10 heavy (non-hydrogen) atoms. The molecule has 60 valence electrons. The molecule has 0 unspecified atom stereocenters. The fraction of sp³-hybridized carbons (Fsp3) is 0.857. The van der Waals surface area contributed by atoms with E-state index in [0.717, 1.165) is 18.7 Å². The topological polar surface area (TPSA) is 29.1 Å². The summed E-state index contributed by atoms with van der Waals surface area (Å²) in [7, 11) is 0. The molecule has 1 amide bonds. The van der Waals surface area contributed by atoms with E-state index >= 15 is 0 Å². The minimum absolute atomic E-state index is 0.177. The smallest absolute Gasteiger partial charge is 0.220 e. The number of thioether (sulfide) groups is 1. The normalized spacial score (nSPS) is 9.40. The summed E-state index contributed by atoms with van der Waals surface area (Å²) < 4.78 is 0. The summed E-state index contributed by atoms with van der Waals surface area (Å²) in [4.78, 5) is 10.8. The second kappa shape index (κ2) is 6.93. The van der Waals surface area contributed by atoms with Gasteiger partial charge in [0.25, 0.3) is 0 Å². The van der Waals surface area contributed by atoms with E-state index in [2.05, 4.69) is 12.2 Å². The average Bonchev–Trinajstić information content (AvgIpc) is 1.97. The van der Waals surface area contributed by atoms with Gasteiger partial charge in [0.05, 0.1) is 5.88 Å². The minimum atomic E-state index is 0.177. The molecule has 0 radical (unpaired) electrons. The van der Waals surface area contributed by atoms with Gasteiger partial charge < -0.3 is 5.32 Å². The van der Waals surface area contributed by atoms with Crippen LogP contribution in [0.25, 0.3) is 0 Å². The number of amides is 1. The van der Waals surface area contributed by atoms with E-state index in [9.17, 15) is 4.79 Å². The van der Waals surface area contributed by atoms with Crippen LogP contribution in [0.2, 0.25) is 0 Å². The highest BCUT2D eigenvalue weighted by Crippen LogP contribution is 1.94. The van der Waals surface area contributed by atoms with E-state index in [0.29, 0.717) is 6.42 Å². The summed E-state index contributed by atoms with van der Waals surface area (Å²) in [6.45, 7) is 2.09. The maximum atomic E-state index is 10.8. The first-order chi connectivity index (χ1) is 4.81. The van der Waals surface area contributed by atoms with Crippen LogP contribution >= 0.6 is 11.8 Å². The average molecular weight is 161 g/mol. The second-order valence-electron chi connectivity index (χ2n) is 2.14. The van der Waals surface area contributed by atoms with Gasteiger partial charge in [0.15, 0.2) is 0 Å². The Kier molecular flexibility index (Phi) is 6.81. The van der Waals surface area contributed by atoms with Crippen LogP contribution in [0.5, 0.6) is 0 Å². The molecule has 0 saturated heterocycles. The lowest BCUT2D eigenvalue weighted by Gasteiger charge is -2.00. The standard InChI is InChI=1S/C7H15NOS/c1-3-4-5-7(9)8-6-10-2/h3-6H2,1-2H3,(H,8,9). The Hall–Kier alpha value is -0.180. The van der Waals surface area contributed by atoms with Crippen molar-refractivity contribution in [1.82, 2.24) is 5.32 Å². The Labute approximate surface area is 66.8 Å². The molecule has 0 atom stereocenters. The van der Waals surface area contributed by atoms with Crippen LogP contribution in [0, 0.1) is 0 Å². The predicted molar refractivity (Wildman–Crippen MR) is 46.0 cm³/mol. The highest BCUT2D eigenvalue weighted by Gasteiger charge is 1.96. The van der Waals surface area contributed by atoms with E-state index in [4.69, 9.17) is 0 Å². The molecule has 1 N–H and O–H groups in total. The molecular weight excluding hydrogens is 146 g/mol. The molecule has 0 rings (SSSR count). The lowest BCUT2D eigenvalue weighted by molar-refractivity contribution is -0.120. The van der Waals surface area contributed by atoms with Gasteiger partial charge in [-0.25, -0.2) is 0 Å². The molecule has 0 aliphatic carbocycles. The molecule has 0 bridgehead atoms. The molecule has 0 aromatic carbocycles. The van der Waals surface area contributed by atoms with Crippen molar-refractivity contribution < 1.29 is 4.79 Å². The zero-order chi connectivity index (χ0) is 7.82. The van der Waals surface area contributed by atoms with E-state index < -0.39 is 0 Å². The highest BCUT2D eigenvalue weighted by atomic mass is 32.2. The van der Waals surface area contributed by atoms with E-state index in [1.54, 1.807) is 11.8 Å². The van der Waals surface area contributed by atoms with E-state index in [-0.39, 0.29) is 5.91 Å². The molecule has 0 spiro atoms. The van der Waals surface area contributed by atoms with Crippen molar-refractivity contribution in [3.8, 4) is 0 Å². The molecule has 0 aromatic rings. The van der Waals surface area contributed by atoms with Crippen molar-refractivity contribution in [1.29, 1.82) is 0 Å². The summed E-state index contributed by atoms with van der Waals surface area (Å²) in [5, 5.41) is 2.79. The molecule has 0 aliphatic heterocycles. The number of hydrogen-bond acceptors (Lipinski definition) is 2. The third-order valence-electron chi connectivity index (χ3n) is 1.17. The van der Waals surface area contributed by atoms with Crippen LogP contribution in [0.3, 0.4) is 0 Å². The van der Waals surface area contributed by atoms with Crippen LogP contribution in [0.15, 0.2) is 0 Å². The quantitative estimate of drug-likeness (QED) is 0.621. The van der Waals surface area contributed by atoms with Crippen molar-refractivity contribution in [2.45, 2.75) is 26.2 Å². The lowest BCUT2D eigenvalue weighted by atomic mass is 10.2. The fourth-order valence-corrected chi connectivity index (χ4v) is 0.884. The van der Waals surface area contributed by atoms with Gasteiger partial charge in [-0.2, -0.15) is 0 Å². The first-order valence-corrected chi connectivity index (χ1v) is 4.96. The maximum absolute atomic E-state index is 10.8. The molecule has 3 heteroatoms. The van der Waals surface area contributed by atoms with Gasteiger partial charge in [-0.05, 0) is 12.7 Å². The molecule has 0 heterocycles. The summed E-state index contributed by atoms with van der Waals surface area (Å²) in [5.74, 6) is 0.916. The number of carbonyl (C=O) groups excluding carboxylic acids is 1. The maximum Gasteiger partial charge on any atom is 0.220 e. The Morgan fingerprint density at radius 1 is 1.60 bits per heavy atom. The Morgan fingerprint density at radius 3 is 2.80 bits per heavy atom. The number of rotatable bonds is 5. The third-order valence-corrected chi connectivity index (χ3v) is 1.60. The number of unbranched alkanes of at least 4 members (excludes halogenated alkanes) is 1. The van der Waals surface area contributed by atoms with Crippen molar-refractivity contribution >= 4 is 17.7 Å². The fourth-order valence-electron chi connectivity index (χ4n) is 0.578. The molecule has 2 nitrogen and oxygen atoms in total. The molecule has 0 saturated carbocycles. The van der Waals surface area contributed by atoms with Gasteiger partial charge in [-0.3, -0.25) is 4.79 Å². The minimum Gasteiger partial charge on any atom is -0.347 e. The SMILES string of the molecule is CCCCC(=O)NCSC. The molecule has 0 fully saturated rings. The van der Waals surface area contributed by atoms with Crippen molar-refractivity contribution in [2.75, 3.05) is 12.1 Å². The summed E-state index contributed by atoms with van der Waals surface area (Å²) >= 11 is 1.63. The highest BCUT2D eigenvalue weighted by molar-refractivity contribution is 7.98. The van der Waals surface area contributed by atoms with Gasteiger partial charge in [-0.1, -0.05) is 13.3 Å².